The van der Waals surface area contributed by atoms with Gasteiger partial charge in [0.05, 0.1) is 11.7 Å². The van der Waals surface area contributed by atoms with Gasteiger partial charge in [0.1, 0.15) is 10.3 Å². The molecular formula is C9H13BrClN3O. The molecule has 1 unspecified atom stereocenters. The summed E-state index contributed by atoms with van der Waals surface area (Å²) >= 11 is 9.22. The normalized spacial score (nSPS) is 12.9. The van der Waals surface area contributed by atoms with Crippen LogP contribution >= 0.6 is 27.5 Å². The molecule has 1 rings (SSSR count). The molecule has 2 N–H and O–H groups in total. The Labute approximate surface area is 102 Å². The first kappa shape index (κ1) is 12.5. The van der Waals surface area contributed by atoms with Gasteiger partial charge in [0.25, 0.3) is 5.56 Å². The summed E-state index contributed by atoms with van der Waals surface area (Å²) in [5.41, 5.74) is -0.205. The lowest BCUT2D eigenvalue weighted by Gasteiger charge is -2.14. The maximum atomic E-state index is 11.2. The molecule has 0 saturated heterocycles. The highest BCUT2D eigenvalue weighted by Crippen LogP contribution is 2.15. The van der Waals surface area contributed by atoms with Crippen molar-refractivity contribution in [1.29, 1.82) is 0 Å². The van der Waals surface area contributed by atoms with Crippen LogP contribution in [-0.2, 0) is 0 Å². The van der Waals surface area contributed by atoms with E-state index in [2.05, 4.69) is 31.2 Å². The predicted molar refractivity (Wildman–Crippen MR) is 65.5 cm³/mol. The Hall–Kier alpha value is -0.550. The molecule has 1 aromatic heterocycles. The van der Waals surface area contributed by atoms with E-state index in [9.17, 15) is 4.79 Å². The summed E-state index contributed by atoms with van der Waals surface area (Å²) in [5.74, 6) is 0.894. The molecule has 0 bridgehead atoms. The van der Waals surface area contributed by atoms with E-state index in [0.29, 0.717) is 22.8 Å². The molecule has 0 aliphatic heterocycles. The van der Waals surface area contributed by atoms with Crippen molar-refractivity contribution < 1.29 is 0 Å². The van der Waals surface area contributed by atoms with Gasteiger partial charge >= 0.3 is 0 Å². The number of rotatable bonds is 4. The minimum Gasteiger partial charge on any atom is -0.367 e. The van der Waals surface area contributed by atoms with Gasteiger partial charge in [-0.05, 0) is 21.8 Å². The molecule has 0 aromatic carbocycles. The summed E-state index contributed by atoms with van der Waals surface area (Å²) in [7, 11) is 0. The number of halogens is 2. The van der Waals surface area contributed by atoms with Crippen molar-refractivity contribution in [3.8, 4) is 0 Å². The molecule has 6 heteroatoms. The third-order valence-electron chi connectivity index (χ3n) is 1.98. The molecule has 0 spiro atoms. The van der Waals surface area contributed by atoms with Crippen LogP contribution in [0.5, 0.6) is 0 Å². The third kappa shape index (κ3) is 3.50. The van der Waals surface area contributed by atoms with Crippen molar-refractivity contribution >= 4 is 33.3 Å². The SMILES string of the molecule is CC(C)C(Cl)CNc1nc[nH]c(=O)c1Br. The highest BCUT2D eigenvalue weighted by molar-refractivity contribution is 9.10. The van der Waals surface area contributed by atoms with Gasteiger partial charge in [-0.15, -0.1) is 11.6 Å². The second-order valence-electron chi connectivity index (χ2n) is 3.54. The maximum absolute atomic E-state index is 11.2. The summed E-state index contributed by atoms with van der Waals surface area (Å²) in [5, 5.41) is 3.04. The Morgan fingerprint density at radius 1 is 1.67 bits per heavy atom. The highest BCUT2D eigenvalue weighted by atomic mass is 79.9. The minimum atomic E-state index is -0.205. The standard InChI is InChI=1S/C9H13BrClN3O/c1-5(2)6(11)3-12-8-7(10)9(15)14-4-13-8/h4-6H,3H2,1-2H3,(H2,12,13,14,15). The molecule has 0 fully saturated rings. The van der Waals surface area contributed by atoms with Crippen molar-refractivity contribution in [3.63, 3.8) is 0 Å². The first-order chi connectivity index (χ1) is 7.02. The molecule has 0 aliphatic carbocycles. The predicted octanol–water partition coefficient (Wildman–Crippen LogP) is 2.21. The van der Waals surface area contributed by atoms with Crippen LogP contribution in [-0.4, -0.2) is 21.9 Å². The number of nitrogens with one attached hydrogen (secondary N) is 2. The first-order valence-electron chi connectivity index (χ1n) is 4.63. The fourth-order valence-corrected chi connectivity index (χ4v) is 1.37. The number of anilines is 1. The number of hydrogen-bond donors (Lipinski definition) is 2. The lowest BCUT2D eigenvalue weighted by molar-refractivity contribution is 0.615. The largest absolute Gasteiger partial charge is 0.367 e. The Bertz CT molecular complexity index is 380. The Morgan fingerprint density at radius 3 is 2.93 bits per heavy atom. The number of hydrogen-bond acceptors (Lipinski definition) is 3. The average Bonchev–Trinajstić information content (AvgIpc) is 2.19. The smallest absolute Gasteiger partial charge is 0.267 e. The minimum absolute atomic E-state index is 0.0120. The second-order valence-corrected chi connectivity index (χ2v) is 4.89. The van der Waals surface area contributed by atoms with E-state index in [4.69, 9.17) is 11.6 Å². The number of nitrogens with zero attached hydrogens (tertiary/aromatic N) is 1. The van der Waals surface area contributed by atoms with E-state index in [1.165, 1.54) is 6.33 Å². The molecule has 0 aliphatic rings. The fraction of sp³-hybridized carbons (Fsp3) is 0.556. The van der Waals surface area contributed by atoms with Gasteiger partial charge in [-0.25, -0.2) is 4.98 Å². The zero-order valence-electron chi connectivity index (χ0n) is 8.55. The zero-order valence-corrected chi connectivity index (χ0v) is 10.9. The summed E-state index contributed by atoms with van der Waals surface area (Å²) in [6.07, 6.45) is 1.36. The summed E-state index contributed by atoms with van der Waals surface area (Å²) in [6, 6.07) is 0. The summed E-state index contributed by atoms with van der Waals surface area (Å²) in [6.45, 7) is 4.66. The molecule has 84 valence electrons. The third-order valence-corrected chi connectivity index (χ3v) is 3.38. The van der Waals surface area contributed by atoms with Gasteiger partial charge in [-0.3, -0.25) is 4.79 Å². The summed E-state index contributed by atoms with van der Waals surface area (Å²) in [4.78, 5) is 17.7. The Morgan fingerprint density at radius 2 is 2.33 bits per heavy atom. The van der Waals surface area contributed by atoms with Crippen molar-refractivity contribution in [1.82, 2.24) is 9.97 Å². The molecule has 0 saturated carbocycles. The van der Waals surface area contributed by atoms with Crippen LogP contribution in [0.2, 0.25) is 0 Å². The first-order valence-corrected chi connectivity index (χ1v) is 5.86. The van der Waals surface area contributed by atoms with E-state index in [0.717, 1.165) is 0 Å². The molecule has 1 aromatic rings. The van der Waals surface area contributed by atoms with Crippen LogP contribution in [0.1, 0.15) is 13.8 Å². The fourth-order valence-electron chi connectivity index (χ4n) is 0.936. The molecule has 15 heavy (non-hydrogen) atoms. The quantitative estimate of drug-likeness (QED) is 0.837. The molecular weight excluding hydrogens is 281 g/mol. The second kappa shape index (κ2) is 5.51. The van der Waals surface area contributed by atoms with E-state index in [-0.39, 0.29) is 10.9 Å². The monoisotopic (exact) mass is 293 g/mol. The van der Waals surface area contributed by atoms with Gasteiger partial charge in [0, 0.05) is 6.54 Å². The van der Waals surface area contributed by atoms with Gasteiger partial charge in [0.15, 0.2) is 0 Å². The van der Waals surface area contributed by atoms with E-state index in [1.807, 2.05) is 13.8 Å². The van der Waals surface area contributed by atoms with Crippen LogP contribution in [0.3, 0.4) is 0 Å². The van der Waals surface area contributed by atoms with Gasteiger partial charge in [0.2, 0.25) is 0 Å². The Kier molecular flexibility index (Phi) is 4.60. The lowest BCUT2D eigenvalue weighted by atomic mass is 10.1. The van der Waals surface area contributed by atoms with Crippen LogP contribution < -0.4 is 10.9 Å². The summed E-state index contributed by atoms with van der Waals surface area (Å²) < 4.78 is 0.401. The van der Waals surface area contributed by atoms with Crippen molar-refractivity contribution in [2.75, 3.05) is 11.9 Å². The van der Waals surface area contributed by atoms with Crippen molar-refractivity contribution in [2.24, 2.45) is 5.92 Å². The molecule has 4 nitrogen and oxygen atoms in total. The average molecular weight is 295 g/mol. The number of H-pyrrole nitrogens is 1. The van der Waals surface area contributed by atoms with Crippen LogP contribution in [0.15, 0.2) is 15.6 Å². The molecule has 0 radical (unpaired) electrons. The van der Waals surface area contributed by atoms with Gasteiger partial charge < -0.3 is 10.3 Å². The number of aromatic nitrogens is 2. The van der Waals surface area contributed by atoms with E-state index < -0.39 is 0 Å². The van der Waals surface area contributed by atoms with E-state index >= 15 is 0 Å². The van der Waals surface area contributed by atoms with Crippen LogP contribution in [0.4, 0.5) is 5.82 Å². The van der Waals surface area contributed by atoms with Crippen molar-refractivity contribution in [2.45, 2.75) is 19.2 Å². The van der Waals surface area contributed by atoms with Gasteiger partial charge in [-0.1, -0.05) is 13.8 Å². The molecule has 0 amide bonds. The van der Waals surface area contributed by atoms with Gasteiger partial charge in [-0.2, -0.15) is 0 Å². The highest BCUT2D eigenvalue weighted by Gasteiger charge is 2.11. The topological polar surface area (TPSA) is 57.8 Å². The Balaban J connectivity index is 2.66. The molecule has 1 atom stereocenters. The van der Waals surface area contributed by atoms with Crippen LogP contribution in [0.25, 0.3) is 0 Å². The zero-order chi connectivity index (χ0) is 11.4. The van der Waals surface area contributed by atoms with Crippen molar-refractivity contribution in [3.05, 3.63) is 21.2 Å². The number of aromatic amines is 1. The number of alkyl halides is 1. The van der Waals surface area contributed by atoms with Crippen LogP contribution in [0, 0.1) is 5.92 Å². The van der Waals surface area contributed by atoms with E-state index in [1.54, 1.807) is 0 Å². The molecule has 1 heterocycles. The lowest BCUT2D eigenvalue weighted by Crippen LogP contribution is -2.21. The maximum Gasteiger partial charge on any atom is 0.267 e.